The molecule has 0 aliphatic heterocycles. The molecule has 2 nitrogen and oxygen atoms in total. The molecule has 5 heteroatoms. The highest BCUT2D eigenvalue weighted by atomic mass is 79.9. The molecule has 0 spiro atoms. The van der Waals surface area contributed by atoms with Crippen molar-refractivity contribution in [2.24, 2.45) is 0 Å². The average molecular weight is 384 g/mol. The maximum Gasteiger partial charge on any atom is 0.0502 e. The molecule has 1 heterocycles. The zero-order valence-corrected chi connectivity index (χ0v) is 14.4. The van der Waals surface area contributed by atoms with Crippen LogP contribution in [0, 0.1) is 6.92 Å². The molecule has 0 aliphatic carbocycles. The average Bonchev–Trinajstić information content (AvgIpc) is 2.83. The minimum Gasteiger partial charge on any atom is -0.380 e. The molecule has 0 fully saturated rings. The van der Waals surface area contributed by atoms with Gasteiger partial charge >= 0.3 is 0 Å². The predicted octanol–water partition coefficient (Wildman–Crippen LogP) is 6.16. The number of halogens is 3. The lowest BCUT2D eigenvalue weighted by Gasteiger charge is -2.10. The summed E-state index contributed by atoms with van der Waals surface area (Å²) in [5.41, 5.74) is 4.26. The van der Waals surface area contributed by atoms with Crippen LogP contribution in [0.1, 0.15) is 11.1 Å². The van der Waals surface area contributed by atoms with E-state index in [4.69, 9.17) is 23.2 Å². The number of aryl methyl sites for hydroxylation is 1. The van der Waals surface area contributed by atoms with Crippen LogP contribution in [0.4, 0.5) is 5.69 Å². The molecule has 108 valence electrons. The van der Waals surface area contributed by atoms with E-state index in [1.54, 1.807) is 0 Å². The Kier molecular flexibility index (Phi) is 4.16. The zero-order chi connectivity index (χ0) is 15.0. The van der Waals surface area contributed by atoms with Crippen molar-refractivity contribution in [1.82, 2.24) is 4.98 Å². The Morgan fingerprint density at radius 1 is 1.19 bits per heavy atom. The molecule has 0 saturated carbocycles. The molecule has 0 unspecified atom stereocenters. The van der Waals surface area contributed by atoms with E-state index in [1.165, 1.54) is 10.9 Å². The van der Waals surface area contributed by atoms with Gasteiger partial charge in [0.25, 0.3) is 0 Å². The van der Waals surface area contributed by atoms with Crippen LogP contribution in [0.15, 0.2) is 41.0 Å². The molecule has 1 aromatic heterocycles. The van der Waals surface area contributed by atoms with Crippen molar-refractivity contribution in [2.45, 2.75) is 13.5 Å². The van der Waals surface area contributed by atoms with Crippen molar-refractivity contribution in [3.8, 4) is 0 Å². The summed E-state index contributed by atoms with van der Waals surface area (Å²) in [7, 11) is 0. The van der Waals surface area contributed by atoms with Crippen molar-refractivity contribution >= 4 is 55.7 Å². The molecule has 21 heavy (non-hydrogen) atoms. The molecule has 0 amide bonds. The number of hydrogen-bond acceptors (Lipinski definition) is 1. The van der Waals surface area contributed by atoms with E-state index >= 15 is 0 Å². The normalized spacial score (nSPS) is 11.0. The second-order valence-corrected chi connectivity index (χ2v) is 6.64. The molecule has 0 atom stereocenters. The molecule has 2 aromatic carbocycles. The summed E-state index contributed by atoms with van der Waals surface area (Å²) in [6, 6.07) is 9.81. The van der Waals surface area contributed by atoms with E-state index in [-0.39, 0.29) is 0 Å². The van der Waals surface area contributed by atoms with Gasteiger partial charge in [-0.15, -0.1) is 0 Å². The van der Waals surface area contributed by atoms with Gasteiger partial charge in [-0.2, -0.15) is 0 Å². The number of aromatic amines is 1. The van der Waals surface area contributed by atoms with Crippen LogP contribution in [0.5, 0.6) is 0 Å². The number of aromatic nitrogens is 1. The summed E-state index contributed by atoms with van der Waals surface area (Å²) in [6.07, 6.45) is 2.00. The minimum atomic E-state index is 0.708. The number of anilines is 1. The summed E-state index contributed by atoms with van der Waals surface area (Å²) in [6.45, 7) is 2.69. The Bertz CT molecular complexity index is 811. The van der Waals surface area contributed by atoms with Crippen LogP contribution < -0.4 is 5.32 Å². The van der Waals surface area contributed by atoms with Crippen LogP contribution in [0.2, 0.25) is 10.0 Å². The van der Waals surface area contributed by atoms with Gasteiger partial charge in [0.2, 0.25) is 0 Å². The van der Waals surface area contributed by atoms with Crippen LogP contribution >= 0.6 is 39.1 Å². The van der Waals surface area contributed by atoms with Crippen molar-refractivity contribution in [2.75, 3.05) is 5.32 Å². The third kappa shape index (κ3) is 3.05. The predicted molar refractivity (Wildman–Crippen MR) is 94.5 cm³/mol. The van der Waals surface area contributed by atoms with Gasteiger partial charge in [0.15, 0.2) is 0 Å². The number of rotatable bonds is 3. The van der Waals surface area contributed by atoms with Gasteiger partial charge in [0, 0.05) is 38.2 Å². The van der Waals surface area contributed by atoms with Gasteiger partial charge in [0.1, 0.15) is 0 Å². The molecular formula is C16H13BrCl2N2. The largest absolute Gasteiger partial charge is 0.380 e. The molecule has 0 saturated heterocycles. The Hall–Kier alpha value is -1.16. The van der Waals surface area contributed by atoms with Gasteiger partial charge in [0.05, 0.1) is 5.69 Å². The highest BCUT2D eigenvalue weighted by Crippen LogP contribution is 2.30. The second kappa shape index (κ2) is 5.91. The summed E-state index contributed by atoms with van der Waals surface area (Å²) in [5.74, 6) is 0. The SMILES string of the molecule is Cc1cc(Br)c(NCc2c[nH]c3cc(Cl)ccc23)cc1Cl. The van der Waals surface area contributed by atoms with Gasteiger partial charge < -0.3 is 10.3 Å². The van der Waals surface area contributed by atoms with Crippen LogP contribution in [-0.2, 0) is 6.54 Å². The maximum absolute atomic E-state index is 6.18. The van der Waals surface area contributed by atoms with Crippen molar-refractivity contribution in [3.63, 3.8) is 0 Å². The molecule has 0 bridgehead atoms. The first-order valence-corrected chi connectivity index (χ1v) is 8.04. The maximum atomic E-state index is 6.18. The molecular weight excluding hydrogens is 371 g/mol. The summed E-state index contributed by atoms with van der Waals surface area (Å²) in [4.78, 5) is 3.24. The van der Waals surface area contributed by atoms with Crippen molar-refractivity contribution in [1.29, 1.82) is 0 Å². The van der Waals surface area contributed by atoms with Crippen LogP contribution in [-0.4, -0.2) is 4.98 Å². The smallest absolute Gasteiger partial charge is 0.0502 e. The monoisotopic (exact) mass is 382 g/mol. The van der Waals surface area contributed by atoms with Crippen LogP contribution in [0.3, 0.4) is 0 Å². The fraction of sp³-hybridized carbons (Fsp3) is 0.125. The molecule has 3 rings (SSSR count). The number of fused-ring (bicyclic) bond motifs is 1. The van der Waals surface area contributed by atoms with Crippen molar-refractivity contribution in [3.05, 3.63) is 62.2 Å². The van der Waals surface area contributed by atoms with E-state index in [0.717, 1.165) is 31.3 Å². The van der Waals surface area contributed by atoms with E-state index in [9.17, 15) is 0 Å². The second-order valence-electron chi connectivity index (χ2n) is 4.94. The summed E-state index contributed by atoms with van der Waals surface area (Å²) < 4.78 is 1.01. The first-order chi connectivity index (χ1) is 10.0. The number of H-pyrrole nitrogens is 1. The highest BCUT2D eigenvalue weighted by molar-refractivity contribution is 9.10. The Labute approximate surface area is 141 Å². The first kappa shape index (κ1) is 14.8. The standard InChI is InChI=1S/C16H13BrCl2N2/c1-9-4-13(17)16(6-14(9)19)21-8-10-7-20-15-5-11(18)2-3-12(10)15/h2-7,20-21H,8H2,1H3. The summed E-state index contributed by atoms with van der Waals surface area (Å²) >= 11 is 15.7. The quantitative estimate of drug-likeness (QED) is 0.557. The minimum absolute atomic E-state index is 0.708. The van der Waals surface area contributed by atoms with Crippen molar-refractivity contribution < 1.29 is 0 Å². The molecule has 2 N–H and O–H groups in total. The number of nitrogens with one attached hydrogen (secondary N) is 2. The zero-order valence-electron chi connectivity index (χ0n) is 11.3. The highest BCUT2D eigenvalue weighted by Gasteiger charge is 2.07. The van der Waals surface area contributed by atoms with Gasteiger partial charge in [-0.25, -0.2) is 0 Å². The number of benzene rings is 2. The van der Waals surface area contributed by atoms with E-state index in [0.29, 0.717) is 6.54 Å². The van der Waals surface area contributed by atoms with Gasteiger partial charge in [-0.1, -0.05) is 29.3 Å². The summed E-state index contributed by atoms with van der Waals surface area (Å²) in [5, 5.41) is 6.06. The lowest BCUT2D eigenvalue weighted by molar-refractivity contribution is 1.16. The topological polar surface area (TPSA) is 27.8 Å². The molecule has 0 radical (unpaired) electrons. The van der Waals surface area contributed by atoms with E-state index in [2.05, 4.69) is 26.2 Å². The third-order valence-electron chi connectivity index (χ3n) is 3.45. The lowest BCUT2D eigenvalue weighted by Crippen LogP contribution is -1.99. The van der Waals surface area contributed by atoms with Gasteiger partial charge in [-0.05, 0) is 58.2 Å². The Balaban J connectivity index is 1.85. The van der Waals surface area contributed by atoms with E-state index in [1.807, 2.05) is 43.5 Å². The fourth-order valence-electron chi connectivity index (χ4n) is 2.28. The Morgan fingerprint density at radius 3 is 2.81 bits per heavy atom. The Morgan fingerprint density at radius 2 is 2.00 bits per heavy atom. The van der Waals surface area contributed by atoms with Crippen LogP contribution in [0.25, 0.3) is 10.9 Å². The van der Waals surface area contributed by atoms with Gasteiger partial charge in [-0.3, -0.25) is 0 Å². The third-order valence-corrected chi connectivity index (χ3v) is 4.75. The number of hydrogen-bond donors (Lipinski definition) is 2. The molecule has 0 aliphatic rings. The van der Waals surface area contributed by atoms with E-state index < -0.39 is 0 Å². The first-order valence-electron chi connectivity index (χ1n) is 6.49. The molecule has 3 aromatic rings. The lowest BCUT2D eigenvalue weighted by atomic mass is 10.1. The fourth-order valence-corrected chi connectivity index (χ4v) is 3.21.